The van der Waals surface area contributed by atoms with Crippen LogP contribution in [0.2, 0.25) is 0 Å². The number of aromatic nitrogens is 2. The molecule has 2 rings (SSSR count). The summed E-state index contributed by atoms with van der Waals surface area (Å²) in [7, 11) is 4.93. The number of carbonyl (C=O) groups is 1. The maximum atomic E-state index is 14.3. The molecule has 10 nitrogen and oxygen atoms in total. The summed E-state index contributed by atoms with van der Waals surface area (Å²) in [5, 5.41) is 11.5. The molecule has 0 saturated heterocycles. The lowest BCUT2D eigenvalue weighted by atomic mass is 10.2. The maximum absolute atomic E-state index is 14.3. The fourth-order valence-corrected chi connectivity index (χ4v) is 3.00. The number of anilines is 2. The highest BCUT2D eigenvalue weighted by atomic mass is 127. The zero-order valence-electron chi connectivity index (χ0n) is 16.7. The predicted octanol–water partition coefficient (Wildman–Crippen LogP) is 0.250. The van der Waals surface area contributed by atoms with Crippen molar-refractivity contribution in [1.29, 1.82) is 0 Å². The normalized spacial score (nSPS) is 11.0. The van der Waals surface area contributed by atoms with E-state index < -0.39 is 28.5 Å². The Bertz CT molecular complexity index is 1040. The molecule has 0 saturated carbocycles. The van der Waals surface area contributed by atoms with E-state index in [2.05, 4.69) is 10.8 Å². The van der Waals surface area contributed by atoms with Crippen molar-refractivity contribution < 1.29 is 19.1 Å². The molecule has 0 fully saturated rings. The van der Waals surface area contributed by atoms with Gasteiger partial charge in [-0.3, -0.25) is 23.6 Å². The number of hydrogen-bond acceptors (Lipinski definition) is 7. The number of aliphatic hydroxyl groups is 1. The third kappa shape index (κ3) is 5.65. The molecule has 0 bridgehead atoms. The molecule has 164 valence electrons. The summed E-state index contributed by atoms with van der Waals surface area (Å²) in [4.78, 5) is 45.0. The van der Waals surface area contributed by atoms with Gasteiger partial charge in [-0.15, -0.1) is 0 Å². The fourth-order valence-electron chi connectivity index (χ4n) is 2.55. The molecule has 1 aromatic carbocycles. The molecule has 1 heterocycles. The molecule has 12 heteroatoms. The van der Waals surface area contributed by atoms with Gasteiger partial charge in [0.25, 0.3) is 11.5 Å². The molecule has 0 aliphatic carbocycles. The van der Waals surface area contributed by atoms with Crippen LogP contribution < -0.4 is 22.0 Å². The van der Waals surface area contributed by atoms with Crippen LogP contribution in [0.1, 0.15) is 10.4 Å². The molecule has 0 spiro atoms. The highest BCUT2D eigenvalue weighted by molar-refractivity contribution is 14.1. The Balaban J connectivity index is 2.61. The Hall–Kier alpha value is -2.29. The summed E-state index contributed by atoms with van der Waals surface area (Å²) < 4.78 is 17.0. The van der Waals surface area contributed by atoms with Gasteiger partial charge < -0.3 is 15.3 Å². The second-order valence-electron chi connectivity index (χ2n) is 6.58. The van der Waals surface area contributed by atoms with Gasteiger partial charge in [-0.2, -0.15) is 0 Å². The van der Waals surface area contributed by atoms with E-state index in [9.17, 15) is 18.8 Å². The second kappa shape index (κ2) is 10.7. The van der Waals surface area contributed by atoms with Crippen molar-refractivity contribution in [1.82, 2.24) is 19.5 Å². The van der Waals surface area contributed by atoms with E-state index >= 15 is 0 Å². The van der Waals surface area contributed by atoms with Gasteiger partial charge >= 0.3 is 5.69 Å². The van der Waals surface area contributed by atoms with Crippen molar-refractivity contribution in [2.45, 2.75) is 6.54 Å². The predicted molar refractivity (Wildman–Crippen MR) is 117 cm³/mol. The van der Waals surface area contributed by atoms with Gasteiger partial charge in [-0.25, -0.2) is 14.7 Å². The van der Waals surface area contributed by atoms with Gasteiger partial charge in [0.2, 0.25) is 0 Å². The molecular formula is C18H23FIN5O5. The first-order valence-corrected chi connectivity index (χ1v) is 9.98. The summed E-state index contributed by atoms with van der Waals surface area (Å²) in [6, 6.07) is 4.33. The topological polar surface area (TPSA) is 118 Å². The van der Waals surface area contributed by atoms with Gasteiger partial charge in [0.15, 0.2) is 0 Å². The number of carbonyl (C=O) groups excluding carboxylic acids is 1. The van der Waals surface area contributed by atoms with Gasteiger partial charge in [0.05, 0.1) is 18.9 Å². The van der Waals surface area contributed by atoms with E-state index in [4.69, 9.17) is 9.94 Å². The quantitative estimate of drug-likeness (QED) is 0.240. The van der Waals surface area contributed by atoms with Crippen LogP contribution in [-0.4, -0.2) is 58.9 Å². The molecule has 0 aliphatic rings. The summed E-state index contributed by atoms with van der Waals surface area (Å²) in [6.07, 6.45) is 0. The Labute approximate surface area is 185 Å². The van der Waals surface area contributed by atoms with Crippen LogP contribution in [0, 0.1) is 9.39 Å². The summed E-state index contributed by atoms with van der Waals surface area (Å²) in [5.74, 6) is -1.73. The summed E-state index contributed by atoms with van der Waals surface area (Å²) >= 11 is 1.94. The van der Waals surface area contributed by atoms with Crippen molar-refractivity contribution in [3.8, 4) is 0 Å². The minimum absolute atomic E-state index is 0.0128. The van der Waals surface area contributed by atoms with E-state index in [0.717, 1.165) is 9.13 Å². The van der Waals surface area contributed by atoms with E-state index in [1.165, 1.54) is 19.2 Å². The molecule has 1 amide bonds. The zero-order valence-corrected chi connectivity index (χ0v) is 18.9. The SMILES string of the molecule is CN(C)CCn1c(=O)c(C(=O)NOCCO)c(Nc2ccc(I)cc2F)n(C)c1=O. The molecule has 3 N–H and O–H groups in total. The first kappa shape index (κ1) is 24.0. The Kier molecular flexibility index (Phi) is 8.52. The van der Waals surface area contributed by atoms with Gasteiger partial charge in [0, 0.05) is 23.7 Å². The third-order valence-corrected chi connectivity index (χ3v) is 4.76. The number of likely N-dealkylation sites (N-methyl/N-ethyl adjacent to an activating group) is 1. The number of nitrogens with one attached hydrogen (secondary N) is 2. The number of aliphatic hydroxyl groups excluding tert-OH is 1. The van der Waals surface area contributed by atoms with Crippen molar-refractivity contribution in [3.63, 3.8) is 0 Å². The van der Waals surface area contributed by atoms with Crippen LogP contribution in [0.15, 0.2) is 27.8 Å². The second-order valence-corrected chi connectivity index (χ2v) is 7.82. The monoisotopic (exact) mass is 535 g/mol. The van der Waals surface area contributed by atoms with E-state index in [-0.39, 0.29) is 31.3 Å². The minimum atomic E-state index is -0.934. The first-order chi connectivity index (χ1) is 14.2. The summed E-state index contributed by atoms with van der Waals surface area (Å²) in [5.41, 5.74) is 0.107. The van der Waals surface area contributed by atoms with Crippen molar-refractivity contribution in [2.24, 2.45) is 7.05 Å². The third-order valence-electron chi connectivity index (χ3n) is 4.09. The van der Waals surface area contributed by atoms with E-state index in [0.29, 0.717) is 10.1 Å². The van der Waals surface area contributed by atoms with E-state index in [1.807, 2.05) is 22.6 Å². The van der Waals surface area contributed by atoms with Gasteiger partial charge in [0.1, 0.15) is 17.2 Å². The van der Waals surface area contributed by atoms with Crippen LogP contribution in [-0.2, 0) is 18.4 Å². The lowest BCUT2D eigenvalue weighted by Gasteiger charge is -2.19. The van der Waals surface area contributed by atoms with Crippen molar-refractivity contribution >= 4 is 40.0 Å². The highest BCUT2D eigenvalue weighted by Crippen LogP contribution is 2.22. The Morgan fingerprint density at radius 3 is 2.63 bits per heavy atom. The average molecular weight is 535 g/mol. The minimum Gasteiger partial charge on any atom is -0.394 e. The van der Waals surface area contributed by atoms with Gasteiger partial charge in [-0.05, 0) is 54.9 Å². The maximum Gasteiger partial charge on any atom is 0.332 e. The smallest absolute Gasteiger partial charge is 0.332 e. The molecule has 0 atom stereocenters. The number of amides is 1. The molecular weight excluding hydrogens is 512 g/mol. The number of benzene rings is 1. The lowest BCUT2D eigenvalue weighted by Crippen LogP contribution is -2.46. The molecule has 0 unspecified atom stereocenters. The number of hydroxylamine groups is 1. The van der Waals surface area contributed by atoms with Crippen molar-refractivity contribution in [2.75, 3.05) is 39.2 Å². The molecule has 30 heavy (non-hydrogen) atoms. The number of halogens is 2. The van der Waals surface area contributed by atoms with Crippen LogP contribution in [0.4, 0.5) is 15.9 Å². The van der Waals surface area contributed by atoms with Crippen LogP contribution in [0.3, 0.4) is 0 Å². The molecule has 0 aliphatic heterocycles. The first-order valence-electron chi connectivity index (χ1n) is 8.91. The van der Waals surface area contributed by atoms with Crippen molar-refractivity contribution in [3.05, 3.63) is 54.0 Å². The number of nitrogens with zero attached hydrogens (tertiary/aromatic N) is 3. The molecule has 2 aromatic rings. The number of rotatable bonds is 9. The fraction of sp³-hybridized carbons (Fsp3) is 0.389. The standard InChI is InChI=1S/C18H23FIN5O5/c1-23(2)6-7-25-17(28)14(16(27)22-30-9-8-26)15(24(3)18(25)29)21-13-5-4-11(20)10-12(13)19/h4-5,10,21,26H,6-9H2,1-3H3,(H,22,27). The van der Waals surface area contributed by atoms with E-state index in [1.54, 1.807) is 25.1 Å². The Morgan fingerprint density at radius 2 is 2.03 bits per heavy atom. The molecule has 0 radical (unpaired) electrons. The largest absolute Gasteiger partial charge is 0.394 e. The summed E-state index contributed by atoms with van der Waals surface area (Å²) in [6.45, 7) is -0.107. The van der Waals surface area contributed by atoms with Crippen LogP contribution in [0.5, 0.6) is 0 Å². The van der Waals surface area contributed by atoms with Crippen LogP contribution in [0.25, 0.3) is 0 Å². The Morgan fingerprint density at radius 1 is 1.33 bits per heavy atom. The molecule has 1 aromatic heterocycles. The highest BCUT2D eigenvalue weighted by Gasteiger charge is 2.24. The lowest BCUT2D eigenvalue weighted by molar-refractivity contribution is 0.0167. The number of hydrogen-bond donors (Lipinski definition) is 3. The van der Waals surface area contributed by atoms with Crippen LogP contribution >= 0.6 is 22.6 Å². The van der Waals surface area contributed by atoms with Gasteiger partial charge in [-0.1, -0.05) is 0 Å². The zero-order chi connectivity index (χ0) is 22.4. The average Bonchev–Trinajstić information content (AvgIpc) is 2.67.